The maximum absolute atomic E-state index is 12.9. The molecule has 0 saturated carbocycles. The van der Waals surface area contributed by atoms with E-state index in [1.54, 1.807) is 17.8 Å². The van der Waals surface area contributed by atoms with Crippen molar-refractivity contribution in [3.8, 4) is 0 Å². The summed E-state index contributed by atoms with van der Waals surface area (Å²) in [5.74, 6) is 0.0164. The van der Waals surface area contributed by atoms with Gasteiger partial charge in [-0.2, -0.15) is 0 Å². The van der Waals surface area contributed by atoms with Crippen LogP contribution in [-0.4, -0.2) is 12.8 Å². The van der Waals surface area contributed by atoms with Gasteiger partial charge in [-0.1, -0.05) is 65.8 Å². The van der Waals surface area contributed by atoms with E-state index in [1.807, 2.05) is 73.5 Å². The fourth-order valence-corrected chi connectivity index (χ4v) is 4.49. The molecule has 1 heterocycles. The molecule has 124 valence electrons. The zero-order valence-corrected chi connectivity index (χ0v) is 15.5. The molecule has 0 unspecified atom stereocenters. The number of fused-ring (bicyclic) bond motifs is 2. The molecule has 4 rings (SSSR count). The Morgan fingerprint density at radius 2 is 1.84 bits per heavy atom. The van der Waals surface area contributed by atoms with Crippen LogP contribution in [0.15, 0.2) is 70.6 Å². The van der Waals surface area contributed by atoms with Crippen LogP contribution in [0.5, 0.6) is 0 Å². The van der Waals surface area contributed by atoms with Crippen LogP contribution in [0.25, 0.3) is 10.8 Å². The smallest absolute Gasteiger partial charge is 0.189 e. The quantitative estimate of drug-likeness (QED) is 0.406. The first-order chi connectivity index (χ1) is 12.1. The third-order valence-corrected chi connectivity index (χ3v) is 6.08. The molecular weight excluding hydrogens is 350 g/mol. The number of carbonyl (C=O) groups is 1. The fourth-order valence-electron chi connectivity index (χ4n) is 3.20. The summed E-state index contributed by atoms with van der Waals surface area (Å²) in [6.45, 7) is 2.01. The first-order valence-electron chi connectivity index (χ1n) is 8.01. The van der Waals surface area contributed by atoms with Crippen LogP contribution in [0.3, 0.4) is 0 Å². The topological polar surface area (TPSA) is 20.3 Å². The normalized spacial score (nSPS) is 15.0. The number of anilines is 1. The second kappa shape index (κ2) is 6.25. The summed E-state index contributed by atoms with van der Waals surface area (Å²) in [6, 6.07) is 17.7. The molecular formula is C21H16ClNOS. The molecule has 2 nitrogen and oxygen atoms in total. The van der Waals surface area contributed by atoms with Gasteiger partial charge in [-0.15, -0.1) is 0 Å². The summed E-state index contributed by atoms with van der Waals surface area (Å²) in [4.78, 5) is 16.1. The predicted octanol–water partition coefficient (Wildman–Crippen LogP) is 6.07. The standard InChI is InChI=1S/C21H16ClNOS/c1-13-17(22)10-11-19-21(13)23(2)20(25-19)12-18(24)16-9-5-7-14-6-3-4-8-15(14)16/h3-12H,1-2H3. The molecule has 0 aliphatic carbocycles. The lowest BCUT2D eigenvalue weighted by Crippen LogP contribution is -2.12. The number of hydrogen-bond acceptors (Lipinski definition) is 3. The first kappa shape index (κ1) is 16.2. The zero-order chi connectivity index (χ0) is 17.6. The molecule has 1 aliphatic heterocycles. The maximum atomic E-state index is 12.9. The van der Waals surface area contributed by atoms with Crippen molar-refractivity contribution in [3.05, 3.63) is 81.9 Å². The average Bonchev–Trinajstić information content (AvgIpc) is 2.94. The van der Waals surface area contributed by atoms with Gasteiger partial charge in [0.05, 0.1) is 10.7 Å². The van der Waals surface area contributed by atoms with Gasteiger partial charge in [0.25, 0.3) is 0 Å². The van der Waals surface area contributed by atoms with Crippen LogP contribution < -0.4 is 4.90 Å². The van der Waals surface area contributed by atoms with Crippen molar-refractivity contribution >= 4 is 45.6 Å². The van der Waals surface area contributed by atoms with Gasteiger partial charge in [-0.05, 0) is 35.4 Å². The SMILES string of the molecule is Cc1c(Cl)ccc2c1N(C)C(=CC(=O)c1cccc3ccccc13)S2. The van der Waals surface area contributed by atoms with E-state index in [9.17, 15) is 4.79 Å². The Morgan fingerprint density at radius 3 is 2.68 bits per heavy atom. The van der Waals surface area contributed by atoms with E-state index in [0.717, 1.165) is 42.5 Å². The van der Waals surface area contributed by atoms with E-state index >= 15 is 0 Å². The highest BCUT2D eigenvalue weighted by molar-refractivity contribution is 8.03. The summed E-state index contributed by atoms with van der Waals surface area (Å²) >= 11 is 7.85. The van der Waals surface area contributed by atoms with Crippen molar-refractivity contribution in [2.45, 2.75) is 11.8 Å². The molecule has 0 aromatic heterocycles. The van der Waals surface area contributed by atoms with Crippen LogP contribution in [0.1, 0.15) is 15.9 Å². The molecule has 0 spiro atoms. The Hall–Kier alpha value is -2.23. The Bertz CT molecular complexity index is 1040. The number of thioether (sulfide) groups is 1. The highest BCUT2D eigenvalue weighted by Crippen LogP contribution is 2.48. The van der Waals surface area contributed by atoms with Gasteiger partial charge >= 0.3 is 0 Å². The van der Waals surface area contributed by atoms with Gasteiger partial charge in [-0.3, -0.25) is 4.79 Å². The summed E-state index contributed by atoms with van der Waals surface area (Å²) in [6.07, 6.45) is 1.72. The predicted molar refractivity (Wildman–Crippen MR) is 107 cm³/mol. The number of hydrogen-bond donors (Lipinski definition) is 0. The average molecular weight is 366 g/mol. The molecule has 0 radical (unpaired) electrons. The van der Waals surface area contributed by atoms with Gasteiger partial charge in [0, 0.05) is 28.6 Å². The maximum Gasteiger partial charge on any atom is 0.189 e. The van der Waals surface area contributed by atoms with Crippen molar-refractivity contribution in [3.63, 3.8) is 0 Å². The number of allylic oxidation sites excluding steroid dienone is 1. The highest BCUT2D eigenvalue weighted by atomic mass is 35.5. The summed E-state index contributed by atoms with van der Waals surface area (Å²) in [7, 11) is 1.98. The summed E-state index contributed by atoms with van der Waals surface area (Å²) < 4.78 is 0. The molecule has 25 heavy (non-hydrogen) atoms. The number of carbonyl (C=O) groups excluding carboxylic acids is 1. The molecule has 4 heteroatoms. The molecule has 0 N–H and O–H groups in total. The Kier molecular flexibility index (Phi) is 4.06. The van der Waals surface area contributed by atoms with Crippen LogP contribution in [-0.2, 0) is 0 Å². The Balaban J connectivity index is 1.74. The molecule has 3 aromatic rings. The van der Waals surface area contributed by atoms with Crippen molar-refractivity contribution < 1.29 is 4.79 Å². The fraction of sp³-hybridized carbons (Fsp3) is 0.0952. The van der Waals surface area contributed by atoms with Crippen LogP contribution in [0.4, 0.5) is 5.69 Å². The largest absolute Gasteiger partial charge is 0.338 e. The number of ketones is 1. The van der Waals surface area contributed by atoms with Crippen molar-refractivity contribution in [2.24, 2.45) is 0 Å². The number of rotatable bonds is 2. The van der Waals surface area contributed by atoms with Gasteiger partial charge in [0.2, 0.25) is 0 Å². The lowest BCUT2D eigenvalue weighted by molar-refractivity contribution is 0.104. The lowest BCUT2D eigenvalue weighted by atomic mass is 10.0. The first-order valence-corrected chi connectivity index (χ1v) is 9.20. The summed E-state index contributed by atoms with van der Waals surface area (Å²) in [5.41, 5.74) is 2.84. The van der Waals surface area contributed by atoms with Crippen molar-refractivity contribution in [2.75, 3.05) is 11.9 Å². The number of halogens is 1. The number of benzene rings is 3. The molecule has 0 fully saturated rings. The van der Waals surface area contributed by atoms with E-state index < -0.39 is 0 Å². The van der Waals surface area contributed by atoms with E-state index in [-0.39, 0.29) is 5.78 Å². The van der Waals surface area contributed by atoms with E-state index in [1.165, 1.54) is 0 Å². The van der Waals surface area contributed by atoms with Crippen molar-refractivity contribution in [1.82, 2.24) is 0 Å². The molecule has 3 aromatic carbocycles. The second-order valence-corrected chi connectivity index (χ2v) is 7.52. The van der Waals surface area contributed by atoms with Crippen LogP contribution >= 0.6 is 23.4 Å². The van der Waals surface area contributed by atoms with E-state index in [0.29, 0.717) is 0 Å². The Morgan fingerprint density at radius 1 is 1.08 bits per heavy atom. The van der Waals surface area contributed by atoms with E-state index in [4.69, 9.17) is 11.6 Å². The van der Waals surface area contributed by atoms with Gasteiger partial charge in [-0.25, -0.2) is 0 Å². The third kappa shape index (κ3) is 2.74. The molecule has 0 bridgehead atoms. The minimum atomic E-state index is 0.0164. The third-order valence-electron chi connectivity index (χ3n) is 4.52. The molecule has 1 aliphatic rings. The van der Waals surface area contributed by atoms with Gasteiger partial charge in [0.15, 0.2) is 5.78 Å². The lowest BCUT2D eigenvalue weighted by Gasteiger charge is -2.16. The second-order valence-electron chi connectivity index (χ2n) is 6.05. The van der Waals surface area contributed by atoms with Gasteiger partial charge < -0.3 is 4.90 Å². The highest BCUT2D eigenvalue weighted by Gasteiger charge is 2.25. The number of nitrogens with zero attached hydrogens (tertiary/aromatic N) is 1. The molecule has 0 saturated heterocycles. The zero-order valence-electron chi connectivity index (χ0n) is 13.9. The monoisotopic (exact) mass is 365 g/mol. The van der Waals surface area contributed by atoms with E-state index in [2.05, 4.69) is 0 Å². The van der Waals surface area contributed by atoms with Crippen molar-refractivity contribution in [1.29, 1.82) is 0 Å². The van der Waals surface area contributed by atoms with Crippen LogP contribution in [0.2, 0.25) is 5.02 Å². The van der Waals surface area contributed by atoms with Gasteiger partial charge in [0.1, 0.15) is 0 Å². The van der Waals surface area contributed by atoms with Crippen LogP contribution in [0, 0.1) is 6.92 Å². The minimum Gasteiger partial charge on any atom is -0.338 e. The molecule has 0 atom stereocenters. The molecule has 0 amide bonds. The Labute approximate surface area is 156 Å². The minimum absolute atomic E-state index is 0.0164. The summed E-state index contributed by atoms with van der Waals surface area (Å²) in [5, 5.41) is 3.71.